The van der Waals surface area contributed by atoms with E-state index in [-0.39, 0.29) is 12.6 Å². The first-order valence-corrected chi connectivity index (χ1v) is 7.09. The maximum atomic E-state index is 9.71. The van der Waals surface area contributed by atoms with Gasteiger partial charge < -0.3 is 10.4 Å². The summed E-state index contributed by atoms with van der Waals surface area (Å²) in [6, 6.07) is 10.7. The topological polar surface area (TPSA) is 45.1 Å². The van der Waals surface area contributed by atoms with Crippen molar-refractivity contribution in [3.63, 3.8) is 0 Å². The lowest BCUT2D eigenvalue weighted by atomic mass is 10.0. The van der Waals surface area contributed by atoms with Gasteiger partial charge in [0.25, 0.3) is 0 Å². The van der Waals surface area contributed by atoms with Crippen molar-refractivity contribution in [2.24, 2.45) is 0 Å². The summed E-state index contributed by atoms with van der Waals surface area (Å²) in [5.74, 6) is 0. The summed E-state index contributed by atoms with van der Waals surface area (Å²) in [7, 11) is 0. The summed E-state index contributed by atoms with van der Waals surface area (Å²) in [6.45, 7) is 0.117. The molecule has 1 saturated carbocycles. The van der Waals surface area contributed by atoms with Crippen LogP contribution in [-0.4, -0.2) is 22.7 Å². The molecule has 1 fully saturated rings. The molecule has 1 aromatic carbocycles. The summed E-state index contributed by atoms with van der Waals surface area (Å²) >= 11 is 0. The van der Waals surface area contributed by atoms with Crippen molar-refractivity contribution >= 4 is 10.9 Å². The number of fused-ring (bicyclic) bond motifs is 1. The Morgan fingerprint density at radius 1 is 1.21 bits per heavy atom. The van der Waals surface area contributed by atoms with Gasteiger partial charge in [-0.25, -0.2) is 0 Å². The fourth-order valence-electron chi connectivity index (χ4n) is 3.03. The SMILES string of the molecule is OCC(NC1CCCC1)c1cccc2cccnc12. The Balaban J connectivity index is 1.91. The molecule has 1 aliphatic rings. The number of aromatic nitrogens is 1. The number of rotatable bonds is 4. The second-order valence-electron chi connectivity index (χ2n) is 5.31. The molecule has 0 saturated heterocycles. The molecule has 1 heterocycles. The van der Waals surface area contributed by atoms with E-state index >= 15 is 0 Å². The Bertz CT molecular complexity index is 544. The molecule has 1 atom stereocenters. The average molecular weight is 256 g/mol. The summed E-state index contributed by atoms with van der Waals surface area (Å²) in [4.78, 5) is 4.47. The van der Waals surface area contributed by atoms with E-state index in [9.17, 15) is 5.11 Å². The van der Waals surface area contributed by atoms with Crippen LogP contribution in [0.25, 0.3) is 10.9 Å². The van der Waals surface area contributed by atoms with Crippen LogP contribution in [0.3, 0.4) is 0 Å². The molecular weight excluding hydrogens is 236 g/mol. The van der Waals surface area contributed by atoms with E-state index in [0.29, 0.717) is 6.04 Å². The molecule has 2 N–H and O–H groups in total. The van der Waals surface area contributed by atoms with Crippen molar-refractivity contribution in [1.29, 1.82) is 0 Å². The van der Waals surface area contributed by atoms with E-state index in [2.05, 4.69) is 28.5 Å². The molecular formula is C16H20N2O. The largest absolute Gasteiger partial charge is 0.394 e. The van der Waals surface area contributed by atoms with Crippen LogP contribution >= 0.6 is 0 Å². The van der Waals surface area contributed by atoms with Gasteiger partial charge in [0, 0.05) is 17.6 Å². The standard InChI is InChI=1S/C16H20N2O/c19-11-15(18-13-7-1-2-8-13)14-9-3-5-12-6-4-10-17-16(12)14/h3-6,9-10,13,15,18-19H,1-2,7-8,11H2. The first-order valence-electron chi connectivity index (χ1n) is 7.09. The van der Waals surface area contributed by atoms with Crippen molar-refractivity contribution in [2.75, 3.05) is 6.61 Å². The highest BCUT2D eigenvalue weighted by Crippen LogP contribution is 2.25. The molecule has 1 unspecified atom stereocenters. The van der Waals surface area contributed by atoms with Crippen LogP contribution in [0.4, 0.5) is 0 Å². The van der Waals surface area contributed by atoms with Gasteiger partial charge in [-0.1, -0.05) is 37.1 Å². The van der Waals surface area contributed by atoms with Crippen molar-refractivity contribution in [2.45, 2.75) is 37.8 Å². The summed E-state index contributed by atoms with van der Waals surface area (Å²) < 4.78 is 0. The molecule has 100 valence electrons. The summed E-state index contributed by atoms with van der Waals surface area (Å²) in [5, 5.41) is 14.4. The fourth-order valence-corrected chi connectivity index (χ4v) is 3.03. The average Bonchev–Trinajstić information content (AvgIpc) is 2.97. The van der Waals surface area contributed by atoms with Gasteiger partial charge in [-0.2, -0.15) is 0 Å². The van der Waals surface area contributed by atoms with Crippen LogP contribution in [-0.2, 0) is 0 Å². The lowest BCUT2D eigenvalue weighted by Crippen LogP contribution is -2.32. The number of aliphatic hydroxyl groups is 1. The molecule has 0 aliphatic heterocycles. The molecule has 3 rings (SSSR count). The number of benzene rings is 1. The number of aliphatic hydroxyl groups excluding tert-OH is 1. The number of nitrogens with zero attached hydrogens (tertiary/aromatic N) is 1. The van der Waals surface area contributed by atoms with Crippen molar-refractivity contribution in [3.8, 4) is 0 Å². The predicted octanol–water partition coefficient (Wildman–Crippen LogP) is 2.80. The highest BCUT2D eigenvalue weighted by Gasteiger charge is 2.21. The highest BCUT2D eigenvalue weighted by atomic mass is 16.3. The minimum Gasteiger partial charge on any atom is -0.394 e. The first-order chi connectivity index (χ1) is 9.38. The van der Waals surface area contributed by atoms with E-state index in [1.165, 1.54) is 25.7 Å². The quantitative estimate of drug-likeness (QED) is 0.884. The Morgan fingerprint density at radius 2 is 2.00 bits per heavy atom. The van der Waals surface area contributed by atoms with Crippen molar-refractivity contribution < 1.29 is 5.11 Å². The van der Waals surface area contributed by atoms with Gasteiger partial charge in [-0.05, 0) is 24.5 Å². The van der Waals surface area contributed by atoms with Crippen LogP contribution < -0.4 is 5.32 Å². The molecule has 0 radical (unpaired) electrons. The van der Waals surface area contributed by atoms with Gasteiger partial charge in [0.15, 0.2) is 0 Å². The first kappa shape index (κ1) is 12.6. The Labute approximate surface area is 113 Å². The second-order valence-corrected chi connectivity index (χ2v) is 5.31. The third-order valence-electron chi connectivity index (χ3n) is 4.01. The second kappa shape index (κ2) is 5.68. The lowest BCUT2D eigenvalue weighted by Gasteiger charge is -2.22. The highest BCUT2D eigenvalue weighted by molar-refractivity contribution is 5.82. The van der Waals surface area contributed by atoms with Crippen LogP contribution in [0, 0.1) is 0 Å². The maximum absolute atomic E-state index is 9.71. The van der Waals surface area contributed by atoms with E-state index in [4.69, 9.17) is 0 Å². The van der Waals surface area contributed by atoms with Crippen molar-refractivity contribution in [3.05, 3.63) is 42.1 Å². The lowest BCUT2D eigenvalue weighted by molar-refractivity contribution is 0.233. The van der Waals surface area contributed by atoms with Crippen LogP contribution in [0.5, 0.6) is 0 Å². The Hall–Kier alpha value is -1.45. The molecule has 3 heteroatoms. The predicted molar refractivity (Wildman–Crippen MR) is 77.0 cm³/mol. The zero-order valence-corrected chi connectivity index (χ0v) is 11.0. The van der Waals surface area contributed by atoms with Crippen molar-refractivity contribution in [1.82, 2.24) is 10.3 Å². The van der Waals surface area contributed by atoms with Gasteiger partial charge in [-0.3, -0.25) is 4.98 Å². The van der Waals surface area contributed by atoms with Crippen LogP contribution in [0.2, 0.25) is 0 Å². The zero-order chi connectivity index (χ0) is 13.1. The van der Waals surface area contributed by atoms with E-state index < -0.39 is 0 Å². The third-order valence-corrected chi connectivity index (χ3v) is 4.01. The van der Waals surface area contributed by atoms with Gasteiger partial charge in [0.2, 0.25) is 0 Å². The molecule has 1 aromatic heterocycles. The molecule has 2 aromatic rings. The molecule has 0 bridgehead atoms. The molecule has 0 amide bonds. The number of hydrogen-bond acceptors (Lipinski definition) is 3. The molecule has 1 aliphatic carbocycles. The molecule has 0 spiro atoms. The third kappa shape index (κ3) is 2.62. The minimum atomic E-state index is -0.0123. The smallest absolute Gasteiger partial charge is 0.0750 e. The monoisotopic (exact) mass is 256 g/mol. The minimum absolute atomic E-state index is 0.0123. The van der Waals surface area contributed by atoms with E-state index in [1.54, 1.807) is 0 Å². The molecule has 3 nitrogen and oxygen atoms in total. The normalized spacial score (nSPS) is 17.9. The van der Waals surface area contributed by atoms with E-state index in [0.717, 1.165) is 16.5 Å². The number of hydrogen-bond donors (Lipinski definition) is 2. The van der Waals surface area contributed by atoms with Gasteiger partial charge >= 0.3 is 0 Å². The van der Waals surface area contributed by atoms with Gasteiger partial charge in [-0.15, -0.1) is 0 Å². The summed E-state index contributed by atoms with van der Waals surface area (Å²) in [6.07, 6.45) is 6.84. The number of pyridine rings is 1. The Morgan fingerprint density at radius 3 is 2.79 bits per heavy atom. The molecule has 19 heavy (non-hydrogen) atoms. The summed E-state index contributed by atoms with van der Waals surface area (Å²) in [5.41, 5.74) is 2.10. The zero-order valence-electron chi connectivity index (χ0n) is 11.0. The Kier molecular flexibility index (Phi) is 3.76. The van der Waals surface area contributed by atoms with Crippen LogP contribution in [0.1, 0.15) is 37.3 Å². The fraction of sp³-hybridized carbons (Fsp3) is 0.438. The number of para-hydroxylation sites is 1. The van der Waals surface area contributed by atoms with E-state index in [1.807, 2.05) is 18.3 Å². The van der Waals surface area contributed by atoms with Gasteiger partial charge in [0.05, 0.1) is 18.2 Å². The van der Waals surface area contributed by atoms with Gasteiger partial charge in [0.1, 0.15) is 0 Å². The number of nitrogens with one attached hydrogen (secondary N) is 1. The maximum Gasteiger partial charge on any atom is 0.0750 e. The van der Waals surface area contributed by atoms with Crippen LogP contribution in [0.15, 0.2) is 36.5 Å².